The molecule has 3 atom stereocenters. The van der Waals surface area contributed by atoms with Crippen LogP contribution in [0, 0.1) is 0 Å². The van der Waals surface area contributed by atoms with Crippen LogP contribution in [-0.4, -0.2) is 46.1 Å². The maximum absolute atomic E-state index is 12.5. The van der Waals surface area contributed by atoms with Crippen LogP contribution in [0.1, 0.15) is 309 Å². The molecule has 0 aliphatic rings. The minimum absolute atomic E-state index is 0.154. The molecule has 378 valence electrons. The molecule has 0 aromatic carbocycles. The molecule has 64 heavy (non-hydrogen) atoms. The number of allylic oxidation sites excluding steroid dienone is 6. The van der Waals surface area contributed by atoms with E-state index in [1.165, 1.54) is 238 Å². The monoisotopic (exact) mass is 900 g/mol. The van der Waals surface area contributed by atoms with E-state index in [1.54, 1.807) is 0 Å². The lowest BCUT2D eigenvalue weighted by Crippen LogP contribution is -2.50. The zero-order valence-electron chi connectivity index (χ0n) is 43.2. The zero-order chi connectivity index (χ0) is 46.5. The number of aliphatic hydroxyl groups is 3. The molecule has 0 fully saturated rings. The number of hydrogen-bond donors (Lipinski definition) is 4. The highest BCUT2D eigenvalue weighted by atomic mass is 16.3. The smallest absolute Gasteiger partial charge is 0.220 e. The van der Waals surface area contributed by atoms with Crippen LogP contribution < -0.4 is 5.32 Å². The molecule has 0 aliphatic heterocycles. The van der Waals surface area contributed by atoms with Crippen molar-refractivity contribution in [2.24, 2.45) is 0 Å². The standard InChI is InChI=1S/C59H113NO4/c1-3-5-7-9-11-13-15-17-19-21-22-23-24-25-26-27-28-29-30-31-32-33-34-35-36-38-40-42-44-46-48-50-52-54-58(63)60-56(55-61)59(64)57(62)53-51-49-47-45-43-41-39-37-20-18-16-14-12-10-8-6-4-2/h25-26,37,39,45,47,56-57,59,61-62,64H,3-24,27-36,38,40-44,46,48-55H2,1-2H3,(H,60,63)/b26-25-,39-37+,47-45+. The van der Waals surface area contributed by atoms with Crippen LogP contribution in [0.5, 0.6) is 0 Å². The van der Waals surface area contributed by atoms with Crippen molar-refractivity contribution in [2.45, 2.75) is 327 Å². The van der Waals surface area contributed by atoms with E-state index in [2.05, 4.69) is 55.6 Å². The Kier molecular flexibility index (Phi) is 53.0. The van der Waals surface area contributed by atoms with E-state index in [9.17, 15) is 20.1 Å². The van der Waals surface area contributed by atoms with Gasteiger partial charge in [0.2, 0.25) is 5.91 Å². The molecule has 0 bridgehead atoms. The van der Waals surface area contributed by atoms with Crippen molar-refractivity contribution < 1.29 is 20.1 Å². The van der Waals surface area contributed by atoms with Crippen LogP contribution in [0.3, 0.4) is 0 Å². The topological polar surface area (TPSA) is 89.8 Å². The van der Waals surface area contributed by atoms with Crippen LogP contribution in [0.2, 0.25) is 0 Å². The van der Waals surface area contributed by atoms with Gasteiger partial charge in [-0.25, -0.2) is 0 Å². The Bertz CT molecular complexity index is 993. The number of carbonyl (C=O) groups excluding carboxylic acids is 1. The number of amides is 1. The van der Waals surface area contributed by atoms with Crippen LogP contribution in [-0.2, 0) is 4.79 Å². The fourth-order valence-electron chi connectivity index (χ4n) is 9.00. The first-order valence-electron chi connectivity index (χ1n) is 28.8. The van der Waals surface area contributed by atoms with Crippen molar-refractivity contribution in [3.63, 3.8) is 0 Å². The molecule has 3 unspecified atom stereocenters. The average Bonchev–Trinajstić information content (AvgIpc) is 3.30. The highest BCUT2D eigenvalue weighted by Crippen LogP contribution is 2.17. The second kappa shape index (κ2) is 54.2. The van der Waals surface area contributed by atoms with E-state index in [1.807, 2.05) is 0 Å². The number of rotatable bonds is 53. The van der Waals surface area contributed by atoms with Gasteiger partial charge < -0.3 is 20.6 Å². The number of unbranched alkanes of at least 4 members (excludes halogenated alkanes) is 39. The fourth-order valence-corrected chi connectivity index (χ4v) is 9.00. The number of nitrogens with one attached hydrogen (secondary N) is 1. The van der Waals surface area contributed by atoms with Crippen molar-refractivity contribution in [3.05, 3.63) is 36.5 Å². The lowest BCUT2D eigenvalue weighted by atomic mass is 10.0. The summed E-state index contributed by atoms with van der Waals surface area (Å²) in [6.07, 6.45) is 70.3. The van der Waals surface area contributed by atoms with Gasteiger partial charge in [0.05, 0.1) is 18.8 Å². The predicted octanol–water partition coefficient (Wildman–Crippen LogP) is 17.8. The van der Waals surface area contributed by atoms with Crippen LogP contribution in [0.15, 0.2) is 36.5 Å². The molecule has 1 amide bonds. The molecule has 5 heteroatoms. The Labute approximate surface area is 400 Å². The van der Waals surface area contributed by atoms with Gasteiger partial charge in [-0.1, -0.05) is 262 Å². The summed E-state index contributed by atoms with van der Waals surface area (Å²) in [5.41, 5.74) is 0. The van der Waals surface area contributed by atoms with Gasteiger partial charge in [0.15, 0.2) is 0 Å². The van der Waals surface area contributed by atoms with Crippen molar-refractivity contribution in [1.29, 1.82) is 0 Å². The molecule has 4 N–H and O–H groups in total. The highest BCUT2D eigenvalue weighted by molar-refractivity contribution is 5.76. The minimum Gasteiger partial charge on any atom is -0.394 e. The third-order valence-corrected chi connectivity index (χ3v) is 13.4. The zero-order valence-corrected chi connectivity index (χ0v) is 43.2. The molecular formula is C59H113NO4. The van der Waals surface area contributed by atoms with Gasteiger partial charge in [0.1, 0.15) is 6.10 Å². The summed E-state index contributed by atoms with van der Waals surface area (Å²) in [6, 6.07) is -0.832. The van der Waals surface area contributed by atoms with Gasteiger partial charge in [-0.15, -0.1) is 0 Å². The lowest BCUT2D eigenvalue weighted by molar-refractivity contribution is -0.124. The van der Waals surface area contributed by atoms with E-state index in [0.717, 1.165) is 44.9 Å². The maximum Gasteiger partial charge on any atom is 0.220 e. The Balaban J connectivity index is 3.52. The molecule has 0 saturated heterocycles. The van der Waals surface area contributed by atoms with E-state index in [4.69, 9.17) is 0 Å². The highest BCUT2D eigenvalue weighted by Gasteiger charge is 2.26. The first-order valence-corrected chi connectivity index (χ1v) is 28.8. The number of hydrogen-bond acceptors (Lipinski definition) is 4. The molecule has 0 radical (unpaired) electrons. The van der Waals surface area contributed by atoms with Crippen molar-refractivity contribution >= 4 is 5.91 Å². The summed E-state index contributed by atoms with van der Waals surface area (Å²) >= 11 is 0. The van der Waals surface area contributed by atoms with Gasteiger partial charge in [0.25, 0.3) is 0 Å². The first-order chi connectivity index (χ1) is 31.6. The third kappa shape index (κ3) is 48.5. The van der Waals surface area contributed by atoms with Crippen LogP contribution in [0.25, 0.3) is 0 Å². The first kappa shape index (κ1) is 62.6. The normalized spacial score (nSPS) is 13.5. The lowest BCUT2D eigenvalue weighted by Gasteiger charge is -2.26. The van der Waals surface area contributed by atoms with E-state index < -0.39 is 18.2 Å². The van der Waals surface area contributed by atoms with Gasteiger partial charge in [0, 0.05) is 6.42 Å². The van der Waals surface area contributed by atoms with Crippen molar-refractivity contribution in [1.82, 2.24) is 5.32 Å². The summed E-state index contributed by atoms with van der Waals surface area (Å²) in [5.74, 6) is -0.154. The molecule has 5 nitrogen and oxygen atoms in total. The number of carbonyl (C=O) groups is 1. The summed E-state index contributed by atoms with van der Waals surface area (Å²) in [4.78, 5) is 12.5. The van der Waals surface area contributed by atoms with Crippen LogP contribution in [0.4, 0.5) is 0 Å². The molecule has 0 aromatic rings. The number of aliphatic hydroxyl groups excluding tert-OH is 3. The largest absolute Gasteiger partial charge is 0.394 e. The van der Waals surface area contributed by atoms with E-state index in [-0.39, 0.29) is 12.5 Å². The maximum atomic E-state index is 12.5. The molecule has 0 aliphatic carbocycles. The van der Waals surface area contributed by atoms with Gasteiger partial charge in [-0.2, -0.15) is 0 Å². The Morgan fingerprint density at radius 1 is 0.375 bits per heavy atom. The average molecular weight is 901 g/mol. The summed E-state index contributed by atoms with van der Waals surface area (Å²) < 4.78 is 0. The summed E-state index contributed by atoms with van der Waals surface area (Å²) in [5, 5.41) is 33.7. The summed E-state index contributed by atoms with van der Waals surface area (Å²) in [7, 11) is 0. The second-order valence-electron chi connectivity index (χ2n) is 19.8. The van der Waals surface area contributed by atoms with Crippen LogP contribution >= 0.6 is 0 Å². The predicted molar refractivity (Wildman–Crippen MR) is 282 cm³/mol. The Morgan fingerprint density at radius 2 is 0.641 bits per heavy atom. The molecule has 0 saturated carbocycles. The van der Waals surface area contributed by atoms with Gasteiger partial charge >= 0.3 is 0 Å². The van der Waals surface area contributed by atoms with Crippen molar-refractivity contribution in [2.75, 3.05) is 6.61 Å². The van der Waals surface area contributed by atoms with E-state index in [0.29, 0.717) is 12.8 Å². The molecule has 0 spiro atoms. The summed E-state index contributed by atoms with van der Waals surface area (Å²) in [6.45, 7) is 4.19. The minimum atomic E-state index is -1.17. The fraction of sp³-hybridized carbons (Fsp3) is 0.881. The van der Waals surface area contributed by atoms with Gasteiger partial charge in [-0.3, -0.25) is 4.79 Å². The molecule has 0 aromatic heterocycles. The molecule has 0 heterocycles. The Hall–Kier alpha value is -1.43. The SMILES string of the molecule is CCCCCCCCCC/C=C/CC/C=C/CCCC(O)C(O)C(CO)NC(=O)CCCCCCCCCCCCCCCCCCC/C=C\CCCCCCCCCCCCCC. The quantitative estimate of drug-likeness (QED) is 0.0362. The Morgan fingerprint density at radius 3 is 0.953 bits per heavy atom. The molecule has 0 rings (SSSR count). The van der Waals surface area contributed by atoms with Crippen molar-refractivity contribution in [3.8, 4) is 0 Å². The third-order valence-electron chi connectivity index (χ3n) is 13.4. The second-order valence-corrected chi connectivity index (χ2v) is 19.8. The molecular weight excluding hydrogens is 787 g/mol. The van der Waals surface area contributed by atoms with E-state index >= 15 is 0 Å². The van der Waals surface area contributed by atoms with Gasteiger partial charge in [-0.05, 0) is 77.0 Å².